The van der Waals surface area contributed by atoms with Crippen LogP contribution in [0.3, 0.4) is 0 Å². The van der Waals surface area contributed by atoms with Crippen molar-refractivity contribution in [3.8, 4) is 6.07 Å². The van der Waals surface area contributed by atoms with Crippen LogP contribution in [0.4, 0.5) is 5.00 Å². The second-order valence-corrected chi connectivity index (χ2v) is 7.45. The second-order valence-electron chi connectivity index (χ2n) is 6.35. The number of carbonyl (C=O) groups is 1. The molecular formula is C18H22N4OS. The third-order valence-electron chi connectivity index (χ3n) is 4.80. The fourth-order valence-electron chi connectivity index (χ4n) is 3.38. The largest absolute Gasteiger partial charge is 0.317 e. The minimum Gasteiger partial charge on any atom is -0.317 e. The number of nitrogens with zero attached hydrogens (tertiary/aromatic N) is 3. The van der Waals surface area contributed by atoms with E-state index in [0.29, 0.717) is 18.4 Å². The summed E-state index contributed by atoms with van der Waals surface area (Å²) in [5, 5.41) is 17.5. The number of nitrogens with one attached hydrogen (secondary N) is 1. The van der Waals surface area contributed by atoms with Crippen LogP contribution in [0.2, 0.25) is 0 Å². The molecule has 2 aromatic heterocycles. The Morgan fingerprint density at radius 3 is 2.79 bits per heavy atom. The maximum Gasteiger partial charge on any atom is 0.225 e. The number of anilines is 1. The molecule has 2 aromatic rings. The van der Waals surface area contributed by atoms with Crippen molar-refractivity contribution in [2.45, 2.75) is 52.4 Å². The molecule has 2 heterocycles. The fourth-order valence-corrected chi connectivity index (χ4v) is 4.64. The number of aromatic nitrogens is 2. The molecule has 1 amide bonds. The highest BCUT2D eigenvalue weighted by molar-refractivity contribution is 7.16. The number of hydrogen-bond donors (Lipinski definition) is 1. The maximum absolute atomic E-state index is 12.4. The molecule has 1 aliphatic carbocycles. The van der Waals surface area contributed by atoms with Gasteiger partial charge in [-0.1, -0.05) is 0 Å². The lowest BCUT2D eigenvalue weighted by Crippen LogP contribution is -2.12. The molecule has 24 heavy (non-hydrogen) atoms. The second kappa shape index (κ2) is 6.78. The third-order valence-corrected chi connectivity index (χ3v) is 6.00. The molecule has 1 N–H and O–H groups in total. The monoisotopic (exact) mass is 342 g/mol. The van der Waals surface area contributed by atoms with Gasteiger partial charge in [-0.2, -0.15) is 10.4 Å². The lowest BCUT2D eigenvalue weighted by molar-refractivity contribution is -0.116. The van der Waals surface area contributed by atoms with Crippen molar-refractivity contribution in [3.63, 3.8) is 0 Å². The Labute approximate surface area is 146 Å². The molecule has 0 saturated carbocycles. The highest BCUT2D eigenvalue weighted by atomic mass is 32.1. The van der Waals surface area contributed by atoms with Crippen molar-refractivity contribution in [3.05, 3.63) is 33.0 Å². The van der Waals surface area contributed by atoms with Crippen LogP contribution < -0.4 is 5.32 Å². The summed E-state index contributed by atoms with van der Waals surface area (Å²) in [5.41, 5.74) is 5.05. The molecule has 0 fully saturated rings. The van der Waals surface area contributed by atoms with Gasteiger partial charge in [0.05, 0.1) is 11.3 Å². The summed E-state index contributed by atoms with van der Waals surface area (Å²) in [5.74, 6) is -0.0345. The molecular weight excluding hydrogens is 320 g/mol. The predicted molar refractivity (Wildman–Crippen MR) is 95.3 cm³/mol. The van der Waals surface area contributed by atoms with Gasteiger partial charge in [0, 0.05) is 24.0 Å². The standard InChI is InChI=1S/C18H22N4OS/c1-11-13(12(2)22(3)21-11)8-9-17(23)20-18-15(10-19)14-6-4-5-7-16(14)24-18/h4-9H2,1-3H3,(H,20,23). The SMILES string of the molecule is Cc1nn(C)c(C)c1CCC(=O)Nc1sc2c(c1C#N)CCCC2. The van der Waals surface area contributed by atoms with E-state index >= 15 is 0 Å². The van der Waals surface area contributed by atoms with E-state index in [0.717, 1.165) is 46.8 Å². The topological polar surface area (TPSA) is 70.7 Å². The smallest absolute Gasteiger partial charge is 0.225 e. The van der Waals surface area contributed by atoms with Crippen LogP contribution >= 0.6 is 11.3 Å². The van der Waals surface area contributed by atoms with E-state index in [-0.39, 0.29) is 5.91 Å². The number of hydrogen-bond acceptors (Lipinski definition) is 4. The van der Waals surface area contributed by atoms with E-state index in [1.165, 1.54) is 11.3 Å². The molecule has 6 heteroatoms. The summed E-state index contributed by atoms with van der Waals surface area (Å²) in [4.78, 5) is 13.6. The predicted octanol–water partition coefficient (Wildman–Crippen LogP) is 3.42. The Hall–Kier alpha value is -2.13. The summed E-state index contributed by atoms with van der Waals surface area (Å²) >= 11 is 1.58. The third kappa shape index (κ3) is 3.09. The van der Waals surface area contributed by atoms with Gasteiger partial charge in [-0.05, 0) is 57.1 Å². The lowest BCUT2D eigenvalue weighted by atomic mass is 9.96. The quantitative estimate of drug-likeness (QED) is 0.925. The van der Waals surface area contributed by atoms with Gasteiger partial charge in [0.25, 0.3) is 0 Å². The molecule has 126 valence electrons. The fraction of sp³-hybridized carbons (Fsp3) is 0.500. The van der Waals surface area contributed by atoms with Gasteiger partial charge in [0.15, 0.2) is 0 Å². The zero-order valence-electron chi connectivity index (χ0n) is 14.4. The lowest BCUT2D eigenvalue weighted by Gasteiger charge is -2.09. The first-order valence-corrected chi connectivity index (χ1v) is 9.16. The molecule has 0 spiro atoms. The Morgan fingerprint density at radius 1 is 1.38 bits per heavy atom. The van der Waals surface area contributed by atoms with Crippen molar-refractivity contribution >= 4 is 22.2 Å². The van der Waals surface area contributed by atoms with Crippen LogP contribution in [0.1, 0.15) is 52.2 Å². The zero-order chi connectivity index (χ0) is 17.3. The van der Waals surface area contributed by atoms with E-state index in [1.807, 2.05) is 25.6 Å². The van der Waals surface area contributed by atoms with Gasteiger partial charge in [-0.25, -0.2) is 0 Å². The number of fused-ring (bicyclic) bond motifs is 1. The molecule has 0 aromatic carbocycles. The Bertz CT molecular complexity index is 825. The molecule has 0 saturated heterocycles. The van der Waals surface area contributed by atoms with Crippen molar-refractivity contribution in [1.29, 1.82) is 5.26 Å². The van der Waals surface area contributed by atoms with Crippen LogP contribution in [-0.2, 0) is 31.1 Å². The Kier molecular flexibility index (Phi) is 4.72. The van der Waals surface area contributed by atoms with Gasteiger partial charge in [0.2, 0.25) is 5.91 Å². The van der Waals surface area contributed by atoms with E-state index in [9.17, 15) is 10.1 Å². The van der Waals surface area contributed by atoms with Gasteiger partial charge < -0.3 is 5.32 Å². The molecule has 5 nitrogen and oxygen atoms in total. The van der Waals surface area contributed by atoms with Crippen LogP contribution in [-0.4, -0.2) is 15.7 Å². The van der Waals surface area contributed by atoms with E-state index < -0.39 is 0 Å². The maximum atomic E-state index is 12.4. The molecule has 1 aliphatic rings. The first-order valence-electron chi connectivity index (χ1n) is 8.34. The van der Waals surface area contributed by atoms with E-state index in [1.54, 1.807) is 11.3 Å². The normalized spacial score (nSPS) is 13.4. The highest BCUT2D eigenvalue weighted by Gasteiger charge is 2.22. The van der Waals surface area contributed by atoms with Crippen molar-refractivity contribution in [2.75, 3.05) is 5.32 Å². The minimum atomic E-state index is -0.0345. The summed E-state index contributed by atoms with van der Waals surface area (Å²) in [6.45, 7) is 4.00. The van der Waals surface area contributed by atoms with Gasteiger partial charge in [-0.15, -0.1) is 11.3 Å². The Morgan fingerprint density at radius 2 is 2.12 bits per heavy atom. The van der Waals surface area contributed by atoms with Crippen molar-refractivity contribution < 1.29 is 4.79 Å². The van der Waals surface area contributed by atoms with Crippen molar-refractivity contribution in [2.24, 2.45) is 7.05 Å². The minimum absolute atomic E-state index is 0.0345. The summed E-state index contributed by atoms with van der Waals surface area (Å²) in [6, 6.07) is 2.29. The first-order chi connectivity index (χ1) is 11.5. The van der Waals surface area contributed by atoms with Crippen LogP contribution in [0.25, 0.3) is 0 Å². The average molecular weight is 342 g/mol. The van der Waals surface area contributed by atoms with Gasteiger partial charge in [0.1, 0.15) is 11.1 Å². The number of nitriles is 1. The van der Waals surface area contributed by atoms with Crippen LogP contribution in [0.5, 0.6) is 0 Å². The summed E-state index contributed by atoms with van der Waals surface area (Å²) < 4.78 is 1.85. The summed E-state index contributed by atoms with van der Waals surface area (Å²) in [7, 11) is 1.92. The number of thiophene rings is 1. The molecule has 0 unspecified atom stereocenters. The molecule has 0 bridgehead atoms. The average Bonchev–Trinajstić information content (AvgIpc) is 3.02. The molecule has 3 rings (SSSR count). The summed E-state index contributed by atoms with van der Waals surface area (Å²) in [6.07, 6.45) is 5.36. The molecule has 0 aliphatic heterocycles. The van der Waals surface area contributed by atoms with Gasteiger partial charge in [-0.3, -0.25) is 9.48 Å². The number of aryl methyl sites for hydroxylation is 3. The van der Waals surface area contributed by atoms with Crippen LogP contribution in [0, 0.1) is 25.2 Å². The first kappa shape index (κ1) is 16.7. The molecule has 0 radical (unpaired) electrons. The number of amides is 1. The van der Waals surface area contributed by atoms with E-state index in [4.69, 9.17) is 0 Å². The van der Waals surface area contributed by atoms with Crippen LogP contribution in [0.15, 0.2) is 0 Å². The van der Waals surface area contributed by atoms with E-state index in [2.05, 4.69) is 16.5 Å². The van der Waals surface area contributed by atoms with Crippen molar-refractivity contribution in [1.82, 2.24) is 9.78 Å². The number of rotatable bonds is 4. The number of carbonyl (C=O) groups excluding carboxylic acids is 1. The molecule has 0 atom stereocenters. The van der Waals surface area contributed by atoms with Gasteiger partial charge >= 0.3 is 0 Å². The Balaban J connectivity index is 1.69. The highest BCUT2D eigenvalue weighted by Crippen LogP contribution is 2.37. The zero-order valence-corrected chi connectivity index (χ0v) is 15.2.